The Kier molecular flexibility index (Phi) is 6.66. The molecule has 2 rings (SSSR count). The molecule has 0 aliphatic heterocycles. The lowest BCUT2D eigenvalue weighted by molar-refractivity contribution is 0.414. The highest BCUT2D eigenvalue weighted by Crippen LogP contribution is 2.14. The topological polar surface area (TPSA) is 59.1 Å². The van der Waals surface area contributed by atoms with E-state index in [2.05, 4.69) is 27.5 Å². The van der Waals surface area contributed by atoms with Crippen molar-refractivity contribution < 1.29 is 4.74 Å². The molecule has 0 amide bonds. The van der Waals surface area contributed by atoms with Crippen LogP contribution in [-0.2, 0) is 6.54 Å². The molecule has 0 aliphatic rings. The molecule has 2 aromatic rings. The summed E-state index contributed by atoms with van der Waals surface area (Å²) in [5.74, 6) is 2.39. The first-order chi connectivity index (χ1) is 11.2. The van der Waals surface area contributed by atoms with Gasteiger partial charge in [-0.15, -0.1) is 0 Å². The monoisotopic (exact) mass is 314 g/mol. The smallest absolute Gasteiger partial charge is 0.225 e. The molecule has 0 spiro atoms. The highest BCUT2D eigenvalue weighted by Gasteiger charge is 2.02. The summed E-state index contributed by atoms with van der Waals surface area (Å²) in [6.45, 7) is 5.82. The lowest BCUT2D eigenvalue weighted by atomic mass is 10.2. The average Bonchev–Trinajstić information content (AvgIpc) is 2.57. The largest absolute Gasteiger partial charge is 0.497 e. The van der Waals surface area contributed by atoms with Gasteiger partial charge in [0.1, 0.15) is 11.6 Å². The normalized spacial score (nSPS) is 10.4. The Labute approximate surface area is 138 Å². The summed E-state index contributed by atoms with van der Waals surface area (Å²) in [7, 11) is 1.67. The molecule has 5 heteroatoms. The van der Waals surface area contributed by atoms with Crippen LogP contribution in [0.2, 0.25) is 0 Å². The van der Waals surface area contributed by atoms with Gasteiger partial charge >= 0.3 is 0 Å². The van der Waals surface area contributed by atoms with Gasteiger partial charge in [0.15, 0.2) is 0 Å². The molecular formula is C18H26N4O. The number of rotatable bonds is 9. The SMILES string of the molecule is CCCCCNc1cc(C)nc(NCc2ccc(OC)cc2)n1. The average molecular weight is 314 g/mol. The number of hydrogen-bond acceptors (Lipinski definition) is 5. The maximum absolute atomic E-state index is 5.16. The van der Waals surface area contributed by atoms with E-state index < -0.39 is 0 Å². The third-order valence-electron chi connectivity index (χ3n) is 3.55. The summed E-state index contributed by atoms with van der Waals surface area (Å²) < 4.78 is 5.16. The van der Waals surface area contributed by atoms with Gasteiger partial charge in [0, 0.05) is 24.8 Å². The van der Waals surface area contributed by atoms with Crippen LogP contribution in [0.3, 0.4) is 0 Å². The first-order valence-corrected chi connectivity index (χ1v) is 8.17. The van der Waals surface area contributed by atoms with Gasteiger partial charge < -0.3 is 15.4 Å². The standard InChI is InChI=1S/C18H26N4O/c1-4-5-6-11-19-17-12-14(2)21-18(22-17)20-13-15-7-9-16(23-3)10-8-15/h7-10,12H,4-6,11,13H2,1-3H3,(H2,19,20,21,22). The van der Waals surface area contributed by atoms with Crippen LogP contribution >= 0.6 is 0 Å². The minimum atomic E-state index is 0.652. The fraction of sp³-hybridized carbons (Fsp3) is 0.444. The van der Waals surface area contributed by atoms with E-state index in [4.69, 9.17) is 4.74 Å². The van der Waals surface area contributed by atoms with Gasteiger partial charge in [0.05, 0.1) is 7.11 Å². The van der Waals surface area contributed by atoms with Gasteiger partial charge in [-0.05, 0) is 31.0 Å². The number of methoxy groups -OCH3 is 1. The summed E-state index contributed by atoms with van der Waals surface area (Å²) in [6.07, 6.45) is 3.62. The molecule has 5 nitrogen and oxygen atoms in total. The van der Waals surface area contributed by atoms with E-state index in [1.165, 1.54) is 12.8 Å². The number of nitrogens with zero attached hydrogens (tertiary/aromatic N) is 2. The number of benzene rings is 1. The van der Waals surface area contributed by atoms with E-state index in [0.29, 0.717) is 12.5 Å². The summed E-state index contributed by atoms with van der Waals surface area (Å²) in [4.78, 5) is 8.96. The molecule has 0 atom stereocenters. The predicted octanol–water partition coefficient (Wildman–Crippen LogP) is 4.01. The molecule has 1 aromatic carbocycles. The lowest BCUT2D eigenvalue weighted by Crippen LogP contribution is -2.08. The molecule has 0 saturated carbocycles. The molecule has 2 N–H and O–H groups in total. The van der Waals surface area contributed by atoms with Crippen LogP contribution in [-0.4, -0.2) is 23.6 Å². The minimum Gasteiger partial charge on any atom is -0.497 e. The van der Waals surface area contributed by atoms with Gasteiger partial charge in [-0.25, -0.2) is 4.98 Å². The van der Waals surface area contributed by atoms with Crippen molar-refractivity contribution in [3.05, 3.63) is 41.6 Å². The summed E-state index contributed by atoms with van der Waals surface area (Å²) in [5, 5.41) is 6.64. The summed E-state index contributed by atoms with van der Waals surface area (Å²) in [5.41, 5.74) is 2.11. The molecule has 0 saturated heterocycles. The Balaban J connectivity index is 1.92. The zero-order chi connectivity index (χ0) is 16.5. The van der Waals surface area contributed by atoms with Gasteiger partial charge in [-0.1, -0.05) is 31.9 Å². The van der Waals surface area contributed by atoms with Crippen LogP contribution in [0.1, 0.15) is 37.4 Å². The summed E-state index contributed by atoms with van der Waals surface area (Å²) in [6, 6.07) is 9.95. The molecule has 124 valence electrons. The Morgan fingerprint density at radius 2 is 1.83 bits per heavy atom. The van der Waals surface area contributed by atoms with E-state index in [9.17, 15) is 0 Å². The minimum absolute atomic E-state index is 0.652. The van der Waals surface area contributed by atoms with E-state index >= 15 is 0 Å². The van der Waals surface area contributed by atoms with Crippen LogP contribution in [0.4, 0.5) is 11.8 Å². The number of nitrogens with one attached hydrogen (secondary N) is 2. The number of ether oxygens (including phenoxy) is 1. The number of hydrogen-bond donors (Lipinski definition) is 2. The van der Waals surface area contributed by atoms with Crippen molar-refractivity contribution in [3.63, 3.8) is 0 Å². The van der Waals surface area contributed by atoms with Crippen molar-refractivity contribution >= 4 is 11.8 Å². The molecule has 23 heavy (non-hydrogen) atoms. The fourth-order valence-electron chi connectivity index (χ4n) is 2.25. The maximum Gasteiger partial charge on any atom is 0.225 e. The zero-order valence-electron chi connectivity index (χ0n) is 14.2. The Hall–Kier alpha value is -2.30. The van der Waals surface area contributed by atoms with Crippen molar-refractivity contribution in [2.75, 3.05) is 24.3 Å². The van der Waals surface area contributed by atoms with Crippen LogP contribution < -0.4 is 15.4 Å². The molecule has 0 unspecified atom stereocenters. The highest BCUT2D eigenvalue weighted by molar-refractivity contribution is 5.42. The fourth-order valence-corrected chi connectivity index (χ4v) is 2.25. The van der Waals surface area contributed by atoms with Crippen LogP contribution in [0, 0.1) is 6.92 Å². The van der Waals surface area contributed by atoms with Crippen molar-refractivity contribution in [2.45, 2.75) is 39.7 Å². The third kappa shape index (κ3) is 5.77. The Morgan fingerprint density at radius 3 is 2.52 bits per heavy atom. The van der Waals surface area contributed by atoms with Gasteiger partial charge in [-0.2, -0.15) is 4.98 Å². The maximum atomic E-state index is 5.16. The second-order valence-electron chi connectivity index (χ2n) is 5.55. The molecule has 1 heterocycles. The van der Waals surface area contributed by atoms with Crippen molar-refractivity contribution in [1.82, 2.24) is 9.97 Å². The van der Waals surface area contributed by atoms with E-state index in [1.54, 1.807) is 7.11 Å². The molecule has 0 fully saturated rings. The zero-order valence-corrected chi connectivity index (χ0v) is 14.2. The first-order valence-electron chi connectivity index (χ1n) is 8.17. The van der Waals surface area contributed by atoms with Crippen LogP contribution in [0.25, 0.3) is 0 Å². The number of anilines is 2. The van der Waals surface area contributed by atoms with E-state index in [-0.39, 0.29) is 0 Å². The van der Waals surface area contributed by atoms with Gasteiger partial charge in [0.2, 0.25) is 5.95 Å². The van der Waals surface area contributed by atoms with Crippen LogP contribution in [0.5, 0.6) is 5.75 Å². The second-order valence-corrected chi connectivity index (χ2v) is 5.55. The number of unbranched alkanes of at least 4 members (excludes halogenated alkanes) is 2. The molecule has 1 aromatic heterocycles. The quantitative estimate of drug-likeness (QED) is 0.685. The van der Waals surface area contributed by atoms with E-state index in [0.717, 1.165) is 35.8 Å². The lowest BCUT2D eigenvalue weighted by Gasteiger charge is -2.10. The van der Waals surface area contributed by atoms with Crippen molar-refractivity contribution in [2.24, 2.45) is 0 Å². The van der Waals surface area contributed by atoms with Gasteiger partial charge in [-0.3, -0.25) is 0 Å². The summed E-state index contributed by atoms with van der Waals surface area (Å²) >= 11 is 0. The molecule has 0 bridgehead atoms. The first kappa shape index (κ1) is 17.1. The molecular weight excluding hydrogens is 288 g/mol. The Morgan fingerprint density at radius 1 is 1.04 bits per heavy atom. The second kappa shape index (κ2) is 8.98. The van der Waals surface area contributed by atoms with Crippen molar-refractivity contribution in [1.29, 1.82) is 0 Å². The van der Waals surface area contributed by atoms with E-state index in [1.807, 2.05) is 37.3 Å². The van der Waals surface area contributed by atoms with Crippen LogP contribution in [0.15, 0.2) is 30.3 Å². The third-order valence-corrected chi connectivity index (χ3v) is 3.55. The predicted molar refractivity (Wildman–Crippen MR) is 95.1 cm³/mol. The van der Waals surface area contributed by atoms with Gasteiger partial charge in [0.25, 0.3) is 0 Å². The van der Waals surface area contributed by atoms with Crippen molar-refractivity contribution in [3.8, 4) is 5.75 Å². The molecule has 0 radical (unpaired) electrons. The molecule has 0 aliphatic carbocycles. The highest BCUT2D eigenvalue weighted by atomic mass is 16.5. The Bertz CT molecular complexity index is 598. The number of aromatic nitrogens is 2. The number of aryl methyl sites for hydroxylation is 1.